The van der Waals surface area contributed by atoms with Crippen LogP contribution < -0.4 is 10.5 Å². The Morgan fingerprint density at radius 3 is 2.60 bits per heavy atom. The number of carbonyl (C=O) groups is 1. The van der Waals surface area contributed by atoms with E-state index in [2.05, 4.69) is 9.97 Å². The van der Waals surface area contributed by atoms with Crippen LogP contribution in [0.15, 0.2) is 42.9 Å². The molecule has 100 valence electrons. The standard InChI is InChI=1S/C14H12N4O2/c1-20-10-4-2-9(3-5-10)11-6-7-16-14-12(13(15)19)17-8-18(11)14/h2-8H,1H3,(H2,15,19). The summed E-state index contributed by atoms with van der Waals surface area (Å²) >= 11 is 0. The number of rotatable bonds is 3. The first-order chi connectivity index (χ1) is 9.70. The number of nitrogens with two attached hydrogens (primary N) is 1. The molecule has 0 fully saturated rings. The van der Waals surface area contributed by atoms with Crippen molar-refractivity contribution in [2.75, 3.05) is 7.11 Å². The Balaban J connectivity index is 2.18. The van der Waals surface area contributed by atoms with Gasteiger partial charge in [-0.15, -0.1) is 0 Å². The third-order valence-electron chi connectivity index (χ3n) is 3.05. The van der Waals surface area contributed by atoms with Crippen LogP contribution in [0.3, 0.4) is 0 Å². The summed E-state index contributed by atoms with van der Waals surface area (Å²) in [6.07, 6.45) is 3.17. The second-order valence-corrected chi connectivity index (χ2v) is 4.21. The van der Waals surface area contributed by atoms with Gasteiger partial charge >= 0.3 is 0 Å². The number of imidazole rings is 1. The van der Waals surface area contributed by atoms with Gasteiger partial charge in [0.15, 0.2) is 11.3 Å². The van der Waals surface area contributed by atoms with Crippen molar-refractivity contribution in [3.05, 3.63) is 48.5 Å². The second-order valence-electron chi connectivity index (χ2n) is 4.21. The van der Waals surface area contributed by atoms with E-state index in [0.717, 1.165) is 17.0 Å². The fourth-order valence-electron chi connectivity index (χ4n) is 2.07. The van der Waals surface area contributed by atoms with Gasteiger partial charge in [0.25, 0.3) is 5.91 Å². The highest BCUT2D eigenvalue weighted by molar-refractivity contribution is 5.97. The minimum atomic E-state index is -0.591. The van der Waals surface area contributed by atoms with E-state index in [1.807, 2.05) is 30.3 Å². The lowest BCUT2D eigenvalue weighted by Gasteiger charge is -2.06. The summed E-state index contributed by atoms with van der Waals surface area (Å²) in [6, 6.07) is 9.44. The van der Waals surface area contributed by atoms with Gasteiger partial charge in [0.05, 0.1) is 12.8 Å². The van der Waals surface area contributed by atoms with E-state index in [-0.39, 0.29) is 5.69 Å². The maximum Gasteiger partial charge on any atom is 0.271 e. The molecule has 0 aliphatic carbocycles. The maximum absolute atomic E-state index is 11.3. The summed E-state index contributed by atoms with van der Waals surface area (Å²) in [6.45, 7) is 0. The smallest absolute Gasteiger partial charge is 0.271 e. The summed E-state index contributed by atoms with van der Waals surface area (Å²) in [7, 11) is 1.62. The average molecular weight is 268 g/mol. The number of nitrogens with zero attached hydrogens (tertiary/aromatic N) is 3. The number of carbonyl (C=O) groups excluding carboxylic acids is 1. The molecule has 1 amide bonds. The average Bonchev–Trinajstić information content (AvgIpc) is 2.91. The molecule has 0 spiro atoms. The number of amides is 1. The topological polar surface area (TPSA) is 82.5 Å². The van der Waals surface area contributed by atoms with Gasteiger partial charge < -0.3 is 10.5 Å². The quantitative estimate of drug-likeness (QED) is 0.780. The number of hydrogen-bond donors (Lipinski definition) is 1. The Kier molecular flexibility index (Phi) is 2.83. The van der Waals surface area contributed by atoms with Crippen molar-refractivity contribution in [3.8, 4) is 17.0 Å². The number of primary amides is 1. The molecule has 0 radical (unpaired) electrons. The van der Waals surface area contributed by atoms with E-state index < -0.39 is 5.91 Å². The lowest BCUT2D eigenvalue weighted by atomic mass is 10.1. The molecule has 2 N–H and O–H groups in total. The molecule has 0 saturated heterocycles. The Morgan fingerprint density at radius 2 is 1.95 bits per heavy atom. The number of methoxy groups -OCH3 is 1. The predicted molar refractivity (Wildman–Crippen MR) is 73.5 cm³/mol. The molecule has 0 bridgehead atoms. The Hall–Kier alpha value is -2.89. The summed E-state index contributed by atoms with van der Waals surface area (Å²) in [5, 5.41) is 0. The van der Waals surface area contributed by atoms with Crippen molar-refractivity contribution < 1.29 is 9.53 Å². The molecule has 1 aromatic carbocycles. The number of aromatic nitrogens is 3. The van der Waals surface area contributed by atoms with Gasteiger partial charge in [0, 0.05) is 6.20 Å². The molecule has 2 heterocycles. The highest BCUT2D eigenvalue weighted by Crippen LogP contribution is 2.23. The van der Waals surface area contributed by atoms with Crippen molar-refractivity contribution in [1.82, 2.24) is 14.4 Å². The van der Waals surface area contributed by atoms with E-state index in [0.29, 0.717) is 5.65 Å². The SMILES string of the molecule is COc1ccc(-c2ccnc3c(C(N)=O)ncn23)cc1. The van der Waals surface area contributed by atoms with Gasteiger partial charge in [-0.1, -0.05) is 0 Å². The first-order valence-electron chi connectivity index (χ1n) is 5.97. The van der Waals surface area contributed by atoms with Crippen molar-refractivity contribution in [1.29, 1.82) is 0 Å². The molecule has 0 atom stereocenters. The monoisotopic (exact) mass is 268 g/mol. The minimum Gasteiger partial charge on any atom is -0.497 e. The van der Waals surface area contributed by atoms with E-state index in [1.54, 1.807) is 24.0 Å². The first-order valence-corrected chi connectivity index (χ1v) is 5.97. The molecule has 0 aliphatic heterocycles. The highest BCUT2D eigenvalue weighted by Gasteiger charge is 2.13. The Labute approximate surface area is 114 Å². The van der Waals surface area contributed by atoms with Crippen LogP contribution in [-0.2, 0) is 0 Å². The molecule has 2 aromatic heterocycles. The number of hydrogen-bond acceptors (Lipinski definition) is 4. The summed E-state index contributed by atoms with van der Waals surface area (Å²) in [4.78, 5) is 19.5. The van der Waals surface area contributed by atoms with Crippen LogP contribution in [0, 0.1) is 0 Å². The molecule has 0 unspecified atom stereocenters. The molecular formula is C14H12N4O2. The predicted octanol–water partition coefficient (Wildman–Crippen LogP) is 1.50. The van der Waals surface area contributed by atoms with Gasteiger partial charge in [-0.25, -0.2) is 9.97 Å². The van der Waals surface area contributed by atoms with E-state index in [4.69, 9.17) is 10.5 Å². The summed E-state index contributed by atoms with van der Waals surface area (Å²) in [5.74, 6) is 0.189. The molecule has 6 nitrogen and oxygen atoms in total. The largest absolute Gasteiger partial charge is 0.497 e. The van der Waals surface area contributed by atoms with E-state index in [1.165, 1.54) is 0 Å². The number of benzene rings is 1. The lowest BCUT2D eigenvalue weighted by molar-refractivity contribution is 0.0997. The van der Waals surface area contributed by atoms with Crippen LogP contribution in [-0.4, -0.2) is 27.4 Å². The van der Waals surface area contributed by atoms with Crippen LogP contribution in [0.2, 0.25) is 0 Å². The summed E-state index contributed by atoms with van der Waals surface area (Å²) in [5.41, 5.74) is 7.73. The third-order valence-corrected chi connectivity index (χ3v) is 3.05. The third kappa shape index (κ3) is 1.87. The maximum atomic E-state index is 11.3. The van der Waals surface area contributed by atoms with Crippen LogP contribution in [0.25, 0.3) is 16.9 Å². The van der Waals surface area contributed by atoms with Crippen molar-refractivity contribution in [2.45, 2.75) is 0 Å². The normalized spacial score (nSPS) is 10.7. The molecular weight excluding hydrogens is 256 g/mol. The first kappa shape index (κ1) is 12.2. The van der Waals surface area contributed by atoms with E-state index >= 15 is 0 Å². The van der Waals surface area contributed by atoms with Crippen LogP contribution >= 0.6 is 0 Å². The molecule has 0 aliphatic rings. The van der Waals surface area contributed by atoms with Gasteiger partial charge in [-0.3, -0.25) is 9.20 Å². The molecule has 3 rings (SSSR count). The molecule has 6 heteroatoms. The van der Waals surface area contributed by atoms with Crippen molar-refractivity contribution >= 4 is 11.6 Å². The number of ether oxygens (including phenoxy) is 1. The van der Waals surface area contributed by atoms with Crippen LogP contribution in [0.4, 0.5) is 0 Å². The Bertz CT molecular complexity index is 777. The lowest BCUT2D eigenvalue weighted by Crippen LogP contribution is -2.12. The Morgan fingerprint density at radius 1 is 1.20 bits per heavy atom. The molecule has 20 heavy (non-hydrogen) atoms. The van der Waals surface area contributed by atoms with Crippen molar-refractivity contribution in [2.24, 2.45) is 5.73 Å². The van der Waals surface area contributed by atoms with Crippen LogP contribution in [0.1, 0.15) is 10.5 Å². The second kappa shape index (κ2) is 4.65. The zero-order chi connectivity index (χ0) is 14.1. The number of fused-ring (bicyclic) bond motifs is 1. The van der Waals surface area contributed by atoms with Crippen LogP contribution in [0.5, 0.6) is 5.75 Å². The van der Waals surface area contributed by atoms with Gasteiger partial charge in [0.1, 0.15) is 12.1 Å². The van der Waals surface area contributed by atoms with E-state index in [9.17, 15) is 4.79 Å². The fourth-order valence-corrected chi connectivity index (χ4v) is 2.07. The zero-order valence-electron chi connectivity index (χ0n) is 10.8. The fraction of sp³-hybridized carbons (Fsp3) is 0.0714. The zero-order valence-corrected chi connectivity index (χ0v) is 10.8. The molecule has 3 aromatic rings. The van der Waals surface area contributed by atoms with Crippen molar-refractivity contribution in [3.63, 3.8) is 0 Å². The summed E-state index contributed by atoms with van der Waals surface area (Å²) < 4.78 is 6.87. The van der Waals surface area contributed by atoms with Gasteiger partial charge in [-0.2, -0.15) is 0 Å². The molecule has 0 saturated carbocycles. The van der Waals surface area contributed by atoms with Gasteiger partial charge in [-0.05, 0) is 35.9 Å². The highest BCUT2D eigenvalue weighted by atomic mass is 16.5. The van der Waals surface area contributed by atoms with Gasteiger partial charge in [0.2, 0.25) is 0 Å². The minimum absolute atomic E-state index is 0.167.